The highest BCUT2D eigenvalue weighted by atomic mass is 35.5. The molecule has 0 aromatic heterocycles. The molecule has 7 heteroatoms. The first-order chi connectivity index (χ1) is 10.9. The maximum absolute atomic E-state index is 13.5. The van der Waals surface area contributed by atoms with E-state index in [0.717, 1.165) is 23.8 Å². The van der Waals surface area contributed by atoms with E-state index in [2.05, 4.69) is 10.6 Å². The van der Waals surface area contributed by atoms with E-state index in [1.807, 2.05) is 0 Å². The average molecular weight is 341 g/mol. The van der Waals surface area contributed by atoms with Gasteiger partial charge in [-0.15, -0.1) is 0 Å². The van der Waals surface area contributed by atoms with Crippen LogP contribution in [-0.4, -0.2) is 19.6 Å². The highest BCUT2D eigenvalue weighted by Crippen LogP contribution is 2.30. The number of nitrogens with one attached hydrogen (secondary N) is 2. The van der Waals surface area contributed by atoms with Gasteiger partial charge >= 0.3 is 0 Å². The number of amides is 1. The molecular formula is C16H15ClF2N2O2. The van der Waals surface area contributed by atoms with Crippen LogP contribution in [0.3, 0.4) is 0 Å². The van der Waals surface area contributed by atoms with Crippen LogP contribution in [0.2, 0.25) is 5.02 Å². The highest BCUT2D eigenvalue weighted by molar-refractivity contribution is 6.31. The van der Waals surface area contributed by atoms with Crippen molar-refractivity contribution in [3.05, 3.63) is 52.6 Å². The van der Waals surface area contributed by atoms with Gasteiger partial charge in [0.05, 0.1) is 25.0 Å². The molecule has 0 aliphatic heterocycles. The van der Waals surface area contributed by atoms with Crippen LogP contribution in [-0.2, 0) is 4.79 Å². The summed E-state index contributed by atoms with van der Waals surface area (Å²) in [5.41, 5.74) is 1.13. The number of carbonyl (C=O) groups excluding carboxylic acids is 1. The summed E-state index contributed by atoms with van der Waals surface area (Å²) in [7, 11) is 1.46. The van der Waals surface area contributed by atoms with Gasteiger partial charge in [0, 0.05) is 11.1 Å². The summed E-state index contributed by atoms with van der Waals surface area (Å²) < 4.78 is 31.7. The lowest BCUT2D eigenvalue weighted by Gasteiger charge is -2.13. The van der Waals surface area contributed by atoms with E-state index in [4.69, 9.17) is 16.3 Å². The molecule has 0 unspecified atom stereocenters. The summed E-state index contributed by atoms with van der Waals surface area (Å²) in [4.78, 5) is 12.0. The van der Waals surface area contributed by atoms with Gasteiger partial charge in [-0.1, -0.05) is 11.6 Å². The summed E-state index contributed by atoms with van der Waals surface area (Å²) >= 11 is 5.99. The Bertz CT molecular complexity index is 738. The summed E-state index contributed by atoms with van der Waals surface area (Å²) in [5, 5.41) is 5.69. The van der Waals surface area contributed by atoms with Crippen molar-refractivity contribution in [2.75, 3.05) is 24.3 Å². The molecule has 2 aromatic carbocycles. The monoisotopic (exact) mass is 340 g/mol. The third kappa shape index (κ3) is 4.32. The van der Waals surface area contributed by atoms with Crippen LogP contribution in [0, 0.1) is 18.6 Å². The smallest absolute Gasteiger partial charge is 0.243 e. The van der Waals surface area contributed by atoms with Crippen LogP contribution >= 0.6 is 11.6 Å². The third-order valence-corrected chi connectivity index (χ3v) is 3.53. The van der Waals surface area contributed by atoms with E-state index in [1.54, 1.807) is 19.1 Å². The molecule has 1 amide bonds. The first kappa shape index (κ1) is 17.0. The van der Waals surface area contributed by atoms with Gasteiger partial charge in [0.15, 0.2) is 0 Å². The van der Waals surface area contributed by atoms with Gasteiger partial charge in [-0.3, -0.25) is 4.79 Å². The van der Waals surface area contributed by atoms with Gasteiger partial charge in [0.25, 0.3) is 0 Å². The van der Waals surface area contributed by atoms with E-state index in [9.17, 15) is 13.6 Å². The Labute approximate surface area is 137 Å². The van der Waals surface area contributed by atoms with E-state index < -0.39 is 17.5 Å². The van der Waals surface area contributed by atoms with Crippen LogP contribution in [0.25, 0.3) is 0 Å². The predicted molar refractivity (Wildman–Crippen MR) is 86.2 cm³/mol. The molecule has 4 nitrogen and oxygen atoms in total. The number of methoxy groups -OCH3 is 1. The van der Waals surface area contributed by atoms with Gasteiger partial charge in [0.1, 0.15) is 17.4 Å². The highest BCUT2D eigenvalue weighted by Gasteiger charge is 2.11. The molecule has 0 heterocycles. The zero-order valence-electron chi connectivity index (χ0n) is 12.5. The molecule has 0 atom stereocenters. The topological polar surface area (TPSA) is 50.4 Å². The van der Waals surface area contributed by atoms with Crippen molar-refractivity contribution in [3.63, 3.8) is 0 Å². The number of anilines is 2. The van der Waals surface area contributed by atoms with Crippen LogP contribution in [0.5, 0.6) is 5.75 Å². The lowest BCUT2D eigenvalue weighted by atomic mass is 10.2. The quantitative estimate of drug-likeness (QED) is 0.865. The molecule has 0 bridgehead atoms. The van der Waals surface area contributed by atoms with E-state index in [0.29, 0.717) is 16.5 Å². The largest absolute Gasteiger partial charge is 0.495 e. The van der Waals surface area contributed by atoms with Crippen molar-refractivity contribution in [1.29, 1.82) is 0 Å². The minimum absolute atomic E-state index is 0.0839. The second-order valence-electron chi connectivity index (χ2n) is 4.83. The number of halogens is 3. The Morgan fingerprint density at radius 2 is 1.96 bits per heavy atom. The molecule has 0 aliphatic rings. The first-order valence-electron chi connectivity index (χ1n) is 6.73. The Morgan fingerprint density at radius 1 is 1.22 bits per heavy atom. The normalized spacial score (nSPS) is 10.3. The second-order valence-corrected chi connectivity index (χ2v) is 5.23. The number of carbonyl (C=O) groups is 1. The minimum Gasteiger partial charge on any atom is -0.495 e. The Kier molecular flexibility index (Phi) is 5.39. The number of rotatable bonds is 5. The molecule has 23 heavy (non-hydrogen) atoms. The molecule has 0 fully saturated rings. The lowest BCUT2D eigenvalue weighted by molar-refractivity contribution is -0.114. The van der Waals surface area contributed by atoms with Gasteiger partial charge in [0.2, 0.25) is 5.91 Å². The van der Waals surface area contributed by atoms with Crippen molar-refractivity contribution in [3.8, 4) is 5.75 Å². The van der Waals surface area contributed by atoms with Crippen molar-refractivity contribution in [1.82, 2.24) is 0 Å². The SMILES string of the molecule is COc1cc(Cl)c(C)cc1NC(=O)CNc1cc(F)ccc1F. The molecular weight excluding hydrogens is 326 g/mol. The fraction of sp³-hybridized carbons (Fsp3) is 0.188. The van der Waals surface area contributed by atoms with Crippen LogP contribution in [0.1, 0.15) is 5.56 Å². The predicted octanol–water partition coefficient (Wildman–Crippen LogP) is 3.99. The molecule has 2 aromatic rings. The molecule has 2 rings (SSSR count). The molecule has 0 aliphatic carbocycles. The molecule has 2 N–H and O–H groups in total. The molecule has 122 valence electrons. The minimum atomic E-state index is -0.640. The van der Waals surface area contributed by atoms with Crippen molar-refractivity contribution >= 4 is 28.9 Å². The van der Waals surface area contributed by atoms with Gasteiger partial charge in [-0.25, -0.2) is 8.78 Å². The fourth-order valence-corrected chi connectivity index (χ4v) is 2.09. The van der Waals surface area contributed by atoms with Crippen molar-refractivity contribution in [2.24, 2.45) is 0 Å². The maximum Gasteiger partial charge on any atom is 0.243 e. The third-order valence-electron chi connectivity index (χ3n) is 3.12. The Balaban J connectivity index is 2.05. The van der Waals surface area contributed by atoms with Crippen LogP contribution < -0.4 is 15.4 Å². The number of hydrogen-bond donors (Lipinski definition) is 2. The summed E-state index contributed by atoms with van der Waals surface area (Å²) in [6.07, 6.45) is 0. The van der Waals surface area contributed by atoms with Gasteiger partial charge in [-0.05, 0) is 36.8 Å². The molecule has 0 spiro atoms. The standard InChI is InChI=1S/C16H15ClF2N2O2/c1-9-5-14(15(23-2)7-11(9)17)21-16(22)8-20-13-6-10(18)3-4-12(13)19/h3-7,20H,8H2,1-2H3,(H,21,22). The zero-order valence-corrected chi connectivity index (χ0v) is 13.3. The number of benzene rings is 2. The Morgan fingerprint density at radius 3 is 2.65 bits per heavy atom. The van der Waals surface area contributed by atoms with Crippen molar-refractivity contribution < 1.29 is 18.3 Å². The van der Waals surface area contributed by atoms with Crippen LogP contribution in [0.15, 0.2) is 30.3 Å². The molecule has 0 saturated heterocycles. The number of hydrogen-bond acceptors (Lipinski definition) is 3. The first-order valence-corrected chi connectivity index (χ1v) is 7.11. The second kappa shape index (κ2) is 7.28. The number of ether oxygens (including phenoxy) is 1. The fourth-order valence-electron chi connectivity index (χ4n) is 1.93. The van der Waals surface area contributed by atoms with E-state index in [1.165, 1.54) is 7.11 Å². The molecule has 0 radical (unpaired) electrons. The Hall–Kier alpha value is -2.34. The van der Waals surface area contributed by atoms with Gasteiger partial charge in [-0.2, -0.15) is 0 Å². The van der Waals surface area contributed by atoms with Gasteiger partial charge < -0.3 is 15.4 Å². The maximum atomic E-state index is 13.5. The van der Waals surface area contributed by atoms with Crippen LogP contribution in [0.4, 0.5) is 20.2 Å². The number of aryl methyl sites for hydroxylation is 1. The average Bonchev–Trinajstić information content (AvgIpc) is 2.51. The summed E-state index contributed by atoms with van der Waals surface area (Å²) in [6.45, 7) is 1.56. The lowest BCUT2D eigenvalue weighted by Crippen LogP contribution is -2.22. The van der Waals surface area contributed by atoms with E-state index in [-0.39, 0.29) is 12.2 Å². The van der Waals surface area contributed by atoms with E-state index >= 15 is 0 Å². The van der Waals surface area contributed by atoms with Crippen molar-refractivity contribution in [2.45, 2.75) is 6.92 Å². The summed E-state index contributed by atoms with van der Waals surface area (Å²) in [6, 6.07) is 6.23. The zero-order chi connectivity index (χ0) is 17.0. The summed E-state index contributed by atoms with van der Waals surface area (Å²) in [5.74, 6) is -1.26. The molecule has 0 saturated carbocycles.